The van der Waals surface area contributed by atoms with Crippen LogP contribution in [0, 0.1) is 0 Å². The molecule has 2 N–H and O–H groups in total. The first-order valence-electron chi connectivity index (χ1n) is 7.63. The van der Waals surface area contributed by atoms with Crippen LogP contribution in [-0.4, -0.2) is 34.4 Å². The molecule has 0 saturated heterocycles. The van der Waals surface area contributed by atoms with E-state index in [0.29, 0.717) is 18.7 Å². The van der Waals surface area contributed by atoms with E-state index in [1.807, 2.05) is 24.3 Å². The number of rotatable bonds is 7. The molecule has 0 aliphatic heterocycles. The van der Waals surface area contributed by atoms with E-state index in [1.165, 1.54) is 12.4 Å². The van der Waals surface area contributed by atoms with Gasteiger partial charge in [0.2, 0.25) is 5.95 Å². The number of hydrogen-bond donors (Lipinski definition) is 1. The standard InChI is InChI=1S/C17H22N4O2/c1-3-4-9-21(12-13-5-7-15(23-2)8-6-13)16(22)14-10-19-17(18)20-11-14/h5-8,10-11H,3-4,9,12H2,1-2H3,(H2,18,19,20). The lowest BCUT2D eigenvalue weighted by Crippen LogP contribution is -2.31. The molecule has 0 radical (unpaired) electrons. The van der Waals surface area contributed by atoms with Gasteiger partial charge in [-0.2, -0.15) is 0 Å². The summed E-state index contributed by atoms with van der Waals surface area (Å²) in [6, 6.07) is 7.71. The van der Waals surface area contributed by atoms with E-state index in [4.69, 9.17) is 10.5 Å². The molecule has 2 aromatic rings. The molecule has 1 aromatic carbocycles. The fraction of sp³-hybridized carbons (Fsp3) is 0.353. The third-order valence-corrected chi connectivity index (χ3v) is 3.52. The molecule has 23 heavy (non-hydrogen) atoms. The van der Waals surface area contributed by atoms with Crippen molar-refractivity contribution < 1.29 is 9.53 Å². The number of nitrogens with two attached hydrogens (primary N) is 1. The lowest BCUT2D eigenvalue weighted by molar-refractivity contribution is 0.0740. The fourth-order valence-corrected chi connectivity index (χ4v) is 2.18. The van der Waals surface area contributed by atoms with Crippen molar-refractivity contribution in [1.29, 1.82) is 0 Å². The number of unbranched alkanes of at least 4 members (excludes halogenated alkanes) is 1. The molecule has 0 aliphatic rings. The Bertz CT molecular complexity index is 626. The molecule has 0 fully saturated rings. The van der Waals surface area contributed by atoms with Gasteiger partial charge < -0.3 is 15.4 Å². The Morgan fingerprint density at radius 1 is 1.22 bits per heavy atom. The molecule has 6 heteroatoms. The Hall–Kier alpha value is -2.63. The van der Waals surface area contributed by atoms with Crippen molar-refractivity contribution in [2.24, 2.45) is 0 Å². The summed E-state index contributed by atoms with van der Waals surface area (Å²) in [6.45, 7) is 3.32. The van der Waals surface area contributed by atoms with Crippen molar-refractivity contribution in [3.05, 3.63) is 47.8 Å². The molecule has 122 valence electrons. The number of ether oxygens (including phenoxy) is 1. The third-order valence-electron chi connectivity index (χ3n) is 3.52. The lowest BCUT2D eigenvalue weighted by Gasteiger charge is -2.22. The van der Waals surface area contributed by atoms with Gasteiger partial charge in [0.1, 0.15) is 5.75 Å². The third kappa shape index (κ3) is 4.67. The van der Waals surface area contributed by atoms with Gasteiger partial charge in [-0.25, -0.2) is 9.97 Å². The first kappa shape index (κ1) is 16.7. The minimum Gasteiger partial charge on any atom is -0.497 e. The zero-order valence-corrected chi connectivity index (χ0v) is 13.5. The Morgan fingerprint density at radius 2 is 1.87 bits per heavy atom. The molecule has 1 amide bonds. The Labute approximate surface area is 136 Å². The number of aromatic nitrogens is 2. The molecular formula is C17H22N4O2. The topological polar surface area (TPSA) is 81.3 Å². The van der Waals surface area contributed by atoms with Crippen LogP contribution in [0.3, 0.4) is 0 Å². The van der Waals surface area contributed by atoms with Crippen LogP contribution in [-0.2, 0) is 6.54 Å². The highest BCUT2D eigenvalue weighted by molar-refractivity contribution is 5.93. The van der Waals surface area contributed by atoms with Gasteiger partial charge in [-0.15, -0.1) is 0 Å². The summed E-state index contributed by atoms with van der Waals surface area (Å²) in [5.74, 6) is 0.873. The number of amides is 1. The zero-order valence-electron chi connectivity index (χ0n) is 13.5. The van der Waals surface area contributed by atoms with Gasteiger partial charge in [0.05, 0.1) is 12.7 Å². The smallest absolute Gasteiger partial charge is 0.257 e. The van der Waals surface area contributed by atoms with Gasteiger partial charge in [0.15, 0.2) is 0 Å². The summed E-state index contributed by atoms with van der Waals surface area (Å²) >= 11 is 0. The van der Waals surface area contributed by atoms with Crippen molar-refractivity contribution in [2.75, 3.05) is 19.4 Å². The number of nitrogens with zero attached hydrogens (tertiary/aromatic N) is 3. The van der Waals surface area contributed by atoms with Crippen molar-refractivity contribution in [2.45, 2.75) is 26.3 Å². The maximum Gasteiger partial charge on any atom is 0.257 e. The quantitative estimate of drug-likeness (QED) is 0.849. The second kappa shape index (κ2) is 8.12. The lowest BCUT2D eigenvalue weighted by atomic mass is 10.1. The highest BCUT2D eigenvalue weighted by Gasteiger charge is 2.16. The predicted molar refractivity (Wildman–Crippen MR) is 89.1 cm³/mol. The SMILES string of the molecule is CCCCN(Cc1ccc(OC)cc1)C(=O)c1cnc(N)nc1. The predicted octanol–water partition coefficient (Wildman–Crippen LogP) is 2.51. The number of carbonyl (C=O) groups is 1. The van der Waals surface area contributed by atoms with Crippen LogP contribution >= 0.6 is 0 Å². The second-order valence-electron chi connectivity index (χ2n) is 5.26. The summed E-state index contributed by atoms with van der Waals surface area (Å²) in [4.78, 5) is 22.3. The maximum absolute atomic E-state index is 12.7. The molecule has 0 atom stereocenters. The number of carbonyl (C=O) groups excluding carboxylic acids is 1. The average Bonchev–Trinajstić information content (AvgIpc) is 2.59. The highest BCUT2D eigenvalue weighted by atomic mass is 16.5. The molecule has 0 spiro atoms. The van der Waals surface area contributed by atoms with E-state index in [1.54, 1.807) is 12.0 Å². The molecule has 0 bridgehead atoms. The summed E-state index contributed by atoms with van der Waals surface area (Å²) < 4.78 is 5.16. The molecule has 1 heterocycles. The molecule has 0 saturated carbocycles. The summed E-state index contributed by atoms with van der Waals surface area (Å²) in [5.41, 5.74) is 6.97. The molecule has 6 nitrogen and oxygen atoms in total. The molecule has 1 aromatic heterocycles. The number of benzene rings is 1. The highest BCUT2D eigenvalue weighted by Crippen LogP contribution is 2.15. The van der Waals surface area contributed by atoms with Gasteiger partial charge in [0, 0.05) is 25.5 Å². The molecular weight excluding hydrogens is 292 g/mol. The average molecular weight is 314 g/mol. The fourth-order valence-electron chi connectivity index (χ4n) is 2.18. The molecule has 0 unspecified atom stereocenters. The Balaban J connectivity index is 2.14. The van der Waals surface area contributed by atoms with E-state index < -0.39 is 0 Å². The van der Waals surface area contributed by atoms with Crippen molar-refractivity contribution in [3.8, 4) is 5.75 Å². The van der Waals surface area contributed by atoms with E-state index >= 15 is 0 Å². The first-order valence-corrected chi connectivity index (χ1v) is 7.63. The van der Waals surface area contributed by atoms with Crippen LogP contribution in [0.5, 0.6) is 5.75 Å². The van der Waals surface area contributed by atoms with Crippen molar-refractivity contribution in [3.63, 3.8) is 0 Å². The summed E-state index contributed by atoms with van der Waals surface area (Å²) in [7, 11) is 1.63. The summed E-state index contributed by atoms with van der Waals surface area (Å²) in [6.07, 6.45) is 4.90. The second-order valence-corrected chi connectivity index (χ2v) is 5.26. The number of anilines is 1. The van der Waals surface area contributed by atoms with Crippen molar-refractivity contribution >= 4 is 11.9 Å². The van der Waals surface area contributed by atoms with Gasteiger partial charge in [-0.3, -0.25) is 4.79 Å². The minimum atomic E-state index is -0.0886. The van der Waals surface area contributed by atoms with Gasteiger partial charge in [0.25, 0.3) is 5.91 Å². The number of nitrogen functional groups attached to an aromatic ring is 1. The van der Waals surface area contributed by atoms with Crippen molar-refractivity contribution in [1.82, 2.24) is 14.9 Å². The summed E-state index contributed by atoms with van der Waals surface area (Å²) in [5, 5.41) is 0. The zero-order chi connectivity index (χ0) is 16.7. The van der Waals surface area contributed by atoms with E-state index in [9.17, 15) is 4.79 Å². The van der Waals surface area contributed by atoms with Crippen LogP contribution < -0.4 is 10.5 Å². The van der Waals surface area contributed by atoms with Crippen LogP contribution in [0.1, 0.15) is 35.7 Å². The first-order chi connectivity index (χ1) is 11.1. The van der Waals surface area contributed by atoms with Gasteiger partial charge in [-0.1, -0.05) is 25.5 Å². The normalized spacial score (nSPS) is 10.3. The van der Waals surface area contributed by atoms with E-state index in [2.05, 4.69) is 16.9 Å². The number of hydrogen-bond acceptors (Lipinski definition) is 5. The number of methoxy groups -OCH3 is 1. The Kier molecular flexibility index (Phi) is 5.91. The maximum atomic E-state index is 12.7. The van der Waals surface area contributed by atoms with E-state index in [-0.39, 0.29) is 11.9 Å². The van der Waals surface area contributed by atoms with Gasteiger partial charge in [-0.05, 0) is 24.1 Å². The van der Waals surface area contributed by atoms with Crippen LogP contribution in [0.15, 0.2) is 36.7 Å². The van der Waals surface area contributed by atoms with Crippen LogP contribution in [0.2, 0.25) is 0 Å². The Morgan fingerprint density at radius 3 is 2.43 bits per heavy atom. The van der Waals surface area contributed by atoms with E-state index in [0.717, 1.165) is 24.2 Å². The van der Waals surface area contributed by atoms with Crippen LogP contribution in [0.4, 0.5) is 5.95 Å². The van der Waals surface area contributed by atoms with Gasteiger partial charge >= 0.3 is 0 Å². The largest absolute Gasteiger partial charge is 0.497 e. The monoisotopic (exact) mass is 314 g/mol. The minimum absolute atomic E-state index is 0.0886. The van der Waals surface area contributed by atoms with Crippen LogP contribution in [0.25, 0.3) is 0 Å². The molecule has 0 aliphatic carbocycles. The molecule has 2 rings (SSSR count).